The fourth-order valence-corrected chi connectivity index (χ4v) is 4.33. The lowest BCUT2D eigenvalue weighted by atomic mass is 10.2. The molecule has 5 rings (SSSR count). The molecule has 35 heavy (non-hydrogen) atoms. The second kappa shape index (κ2) is 10.5. The molecule has 0 unspecified atom stereocenters. The minimum absolute atomic E-state index is 0.252. The molecule has 0 bridgehead atoms. The Kier molecular flexibility index (Phi) is 7.02. The second-order valence-corrected chi connectivity index (χ2v) is 8.74. The Balaban J connectivity index is 1.14. The van der Waals surface area contributed by atoms with Crippen molar-refractivity contribution in [3.8, 4) is 5.69 Å². The van der Waals surface area contributed by atoms with Crippen LogP contribution in [0, 0.1) is 5.82 Å². The highest BCUT2D eigenvalue weighted by Crippen LogP contribution is 2.26. The van der Waals surface area contributed by atoms with E-state index in [4.69, 9.17) is 21.7 Å². The molecule has 0 radical (unpaired) electrons. The minimum atomic E-state index is -0.527. The van der Waals surface area contributed by atoms with Crippen LogP contribution in [0.25, 0.3) is 16.7 Å². The quantitative estimate of drug-likeness (QED) is 0.471. The summed E-state index contributed by atoms with van der Waals surface area (Å²) in [5.41, 5.74) is 2.03. The van der Waals surface area contributed by atoms with Gasteiger partial charge in [0.25, 0.3) is 0 Å². The molecule has 3 aromatic rings. The molecular formula is C23H26FN7O3S. The van der Waals surface area contributed by atoms with Gasteiger partial charge in [-0.15, -0.1) is 5.10 Å². The lowest BCUT2D eigenvalue weighted by Gasteiger charge is -2.26. The Hall–Kier alpha value is -3.35. The zero-order valence-corrected chi connectivity index (χ0v) is 19.8. The van der Waals surface area contributed by atoms with E-state index in [0.717, 1.165) is 39.4 Å². The number of cyclic esters (lactones) is 1. The number of fused-ring (bicyclic) bond motifs is 1. The zero-order chi connectivity index (χ0) is 24.2. The summed E-state index contributed by atoms with van der Waals surface area (Å²) in [6.45, 7) is 5.61. The van der Waals surface area contributed by atoms with Crippen molar-refractivity contribution >= 4 is 40.1 Å². The summed E-state index contributed by atoms with van der Waals surface area (Å²) in [6, 6.07) is 11.9. The van der Waals surface area contributed by atoms with Crippen LogP contribution in [0.2, 0.25) is 0 Å². The van der Waals surface area contributed by atoms with Crippen molar-refractivity contribution in [1.82, 2.24) is 30.5 Å². The molecule has 2 N–H and O–H groups in total. The van der Waals surface area contributed by atoms with E-state index in [1.807, 2.05) is 24.3 Å². The highest BCUT2D eigenvalue weighted by atomic mass is 32.1. The van der Waals surface area contributed by atoms with Gasteiger partial charge in [-0.3, -0.25) is 9.80 Å². The van der Waals surface area contributed by atoms with Crippen molar-refractivity contribution in [2.75, 3.05) is 57.4 Å². The normalized spacial score (nSPS) is 18.6. The van der Waals surface area contributed by atoms with E-state index < -0.39 is 18.0 Å². The summed E-state index contributed by atoms with van der Waals surface area (Å²) in [7, 11) is 0. The van der Waals surface area contributed by atoms with Gasteiger partial charge in [-0.25, -0.2) is 13.9 Å². The molecule has 1 aromatic heterocycles. The van der Waals surface area contributed by atoms with Crippen LogP contribution in [0.15, 0.2) is 42.5 Å². The monoisotopic (exact) mass is 499 g/mol. The maximum Gasteiger partial charge on any atom is 0.414 e. The molecule has 2 aromatic carbocycles. The summed E-state index contributed by atoms with van der Waals surface area (Å²) >= 11 is 5.33. The number of ether oxygens (including phenoxy) is 2. The molecule has 2 saturated heterocycles. The SMILES string of the molecule is O=C1O[C@@H](CNC(=S)NCCN2CCOCC2)CN1c1ccc(-n2nnc3ccccc32)c(F)c1. The Labute approximate surface area is 207 Å². The predicted octanol–water partition coefficient (Wildman–Crippen LogP) is 1.68. The number of hydrogen-bond donors (Lipinski definition) is 2. The number of nitrogens with zero attached hydrogens (tertiary/aromatic N) is 5. The minimum Gasteiger partial charge on any atom is -0.442 e. The summed E-state index contributed by atoms with van der Waals surface area (Å²) in [5.74, 6) is -0.516. The number of aromatic nitrogens is 3. The molecule has 0 aliphatic carbocycles. The first-order valence-corrected chi connectivity index (χ1v) is 11.9. The lowest BCUT2D eigenvalue weighted by Crippen LogP contribution is -2.45. The number of carbonyl (C=O) groups excluding carboxylic acids is 1. The maximum absolute atomic E-state index is 15.0. The van der Waals surface area contributed by atoms with E-state index in [-0.39, 0.29) is 12.2 Å². The van der Waals surface area contributed by atoms with Crippen LogP contribution >= 0.6 is 12.2 Å². The van der Waals surface area contributed by atoms with Crippen LogP contribution in [-0.2, 0) is 9.47 Å². The van der Waals surface area contributed by atoms with E-state index in [9.17, 15) is 4.79 Å². The number of halogens is 1. The fourth-order valence-electron chi connectivity index (χ4n) is 4.14. The molecule has 1 atom stereocenters. The molecule has 0 spiro atoms. The van der Waals surface area contributed by atoms with E-state index in [2.05, 4.69) is 25.8 Å². The third-order valence-electron chi connectivity index (χ3n) is 6.00. The first-order valence-electron chi connectivity index (χ1n) is 11.5. The van der Waals surface area contributed by atoms with Gasteiger partial charge < -0.3 is 20.1 Å². The third-order valence-corrected chi connectivity index (χ3v) is 6.29. The molecule has 184 valence electrons. The number of carbonyl (C=O) groups is 1. The highest BCUT2D eigenvalue weighted by Gasteiger charge is 2.33. The van der Waals surface area contributed by atoms with Crippen LogP contribution < -0.4 is 15.5 Å². The van der Waals surface area contributed by atoms with Gasteiger partial charge in [0.15, 0.2) is 10.9 Å². The number of nitrogens with one attached hydrogen (secondary N) is 2. The van der Waals surface area contributed by atoms with Gasteiger partial charge in [-0.05, 0) is 42.5 Å². The highest BCUT2D eigenvalue weighted by molar-refractivity contribution is 7.80. The Morgan fingerprint density at radius 3 is 2.83 bits per heavy atom. The van der Waals surface area contributed by atoms with Gasteiger partial charge >= 0.3 is 6.09 Å². The van der Waals surface area contributed by atoms with Crippen molar-refractivity contribution in [3.05, 3.63) is 48.3 Å². The smallest absolute Gasteiger partial charge is 0.414 e. The molecule has 3 heterocycles. The molecule has 2 aliphatic heterocycles. The Bertz CT molecular complexity index is 1220. The van der Waals surface area contributed by atoms with Crippen molar-refractivity contribution in [2.45, 2.75) is 6.10 Å². The summed E-state index contributed by atoms with van der Waals surface area (Å²) in [4.78, 5) is 16.2. The molecule has 12 heteroatoms. The molecular weight excluding hydrogens is 473 g/mol. The van der Waals surface area contributed by atoms with Gasteiger partial charge in [-0.1, -0.05) is 17.3 Å². The zero-order valence-electron chi connectivity index (χ0n) is 19.0. The molecule has 1 amide bonds. The van der Waals surface area contributed by atoms with Crippen molar-refractivity contribution in [2.24, 2.45) is 0 Å². The summed E-state index contributed by atoms with van der Waals surface area (Å²) in [6.07, 6.45) is -0.940. The first-order chi connectivity index (χ1) is 17.1. The van der Waals surface area contributed by atoms with Gasteiger partial charge in [0, 0.05) is 26.2 Å². The topological polar surface area (TPSA) is 96.8 Å². The molecule has 2 aliphatic rings. The average Bonchev–Trinajstić information content (AvgIpc) is 3.47. The van der Waals surface area contributed by atoms with Crippen molar-refractivity contribution in [3.63, 3.8) is 0 Å². The van der Waals surface area contributed by atoms with Crippen LogP contribution in [0.3, 0.4) is 0 Å². The number of benzene rings is 2. The number of morpholine rings is 1. The molecule has 0 saturated carbocycles. The van der Waals surface area contributed by atoms with Crippen molar-refractivity contribution in [1.29, 1.82) is 0 Å². The van der Waals surface area contributed by atoms with Crippen LogP contribution in [-0.4, -0.2) is 89.7 Å². The van der Waals surface area contributed by atoms with Crippen LogP contribution in [0.4, 0.5) is 14.9 Å². The largest absolute Gasteiger partial charge is 0.442 e. The maximum atomic E-state index is 15.0. The van der Waals surface area contributed by atoms with E-state index in [1.165, 1.54) is 15.6 Å². The Morgan fingerprint density at radius 2 is 2.00 bits per heavy atom. The standard InChI is InChI=1S/C23H26FN7O3S/c24-18-13-16(5-6-20(18)31-21-4-2-1-3-19(21)27-28-31)30-15-17(34-23(30)32)14-26-22(35)25-7-8-29-9-11-33-12-10-29/h1-6,13,17H,7-12,14-15H2,(H2,25,26,35)/t17-/m0/s1. The fraction of sp³-hybridized carbons (Fsp3) is 0.391. The average molecular weight is 500 g/mol. The van der Waals surface area contributed by atoms with Crippen molar-refractivity contribution < 1.29 is 18.7 Å². The number of rotatable bonds is 7. The van der Waals surface area contributed by atoms with E-state index in [0.29, 0.717) is 28.4 Å². The summed E-state index contributed by atoms with van der Waals surface area (Å²) in [5, 5.41) is 14.9. The summed E-state index contributed by atoms with van der Waals surface area (Å²) < 4.78 is 27.2. The number of hydrogen-bond acceptors (Lipinski definition) is 7. The first kappa shape index (κ1) is 23.4. The lowest BCUT2D eigenvalue weighted by molar-refractivity contribution is 0.0389. The number of thiocarbonyl (C=S) groups is 1. The number of amides is 1. The van der Waals surface area contributed by atoms with Crippen LogP contribution in [0.1, 0.15) is 0 Å². The Morgan fingerprint density at radius 1 is 1.17 bits per heavy atom. The van der Waals surface area contributed by atoms with Gasteiger partial charge in [0.2, 0.25) is 0 Å². The third kappa shape index (κ3) is 5.34. The molecule has 10 nitrogen and oxygen atoms in total. The van der Waals surface area contributed by atoms with Gasteiger partial charge in [0.1, 0.15) is 17.3 Å². The van der Waals surface area contributed by atoms with Crippen LogP contribution in [0.5, 0.6) is 0 Å². The second-order valence-electron chi connectivity index (χ2n) is 8.33. The van der Waals surface area contributed by atoms with E-state index in [1.54, 1.807) is 12.1 Å². The predicted molar refractivity (Wildman–Crippen MR) is 132 cm³/mol. The van der Waals surface area contributed by atoms with Gasteiger partial charge in [-0.2, -0.15) is 0 Å². The number of anilines is 1. The van der Waals surface area contributed by atoms with Gasteiger partial charge in [0.05, 0.1) is 37.5 Å². The molecule has 2 fully saturated rings. The number of para-hydroxylation sites is 1. The van der Waals surface area contributed by atoms with E-state index >= 15 is 4.39 Å².